The average molecular weight is 362 g/mol. The van der Waals surface area contributed by atoms with Crippen molar-refractivity contribution in [1.29, 1.82) is 0 Å². The maximum Gasteiger partial charge on any atom is 0.310 e. The number of ether oxygens (including phenoxy) is 3. The molecule has 3 rings (SSSR count). The van der Waals surface area contributed by atoms with Crippen molar-refractivity contribution >= 4 is 17.3 Å². The summed E-state index contributed by atoms with van der Waals surface area (Å²) in [5, 5.41) is 6.85. The summed E-state index contributed by atoms with van der Waals surface area (Å²) >= 11 is 0. The zero-order valence-corrected chi connectivity index (χ0v) is 17.0. The first-order valence-corrected chi connectivity index (χ1v) is 8.99. The van der Waals surface area contributed by atoms with Gasteiger partial charge in [0.15, 0.2) is 0 Å². The van der Waals surface area contributed by atoms with Crippen LogP contribution in [0.2, 0.25) is 0 Å². The molecule has 6 nitrogen and oxygen atoms in total. The molecule has 144 valence electrons. The van der Waals surface area contributed by atoms with Crippen LogP contribution in [-0.2, 0) is 30.2 Å². The van der Waals surface area contributed by atoms with E-state index in [-0.39, 0.29) is 12.4 Å². The van der Waals surface area contributed by atoms with E-state index in [0.29, 0.717) is 0 Å². The number of fused-ring (bicyclic) bond motifs is 2. The van der Waals surface area contributed by atoms with Crippen molar-refractivity contribution in [1.82, 2.24) is 0 Å². The van der Waals surface area contributed by atoms with E-state index < -0.39 is 22.7 Å². The predicted molar refractivity (Wildman–Crippen MR) is 101 cm³/mol. The van der Waals surface area contributed by atoms with Crippen LogP contribution < -0.4 is 10.6 Å². The van der Waals surface area contributed by atoms with Gasteiger partial charge in [0.25, 0.3) is 0 Å². The molecule has 0 aliphatic carbocycles. The first kappa shape index (κ1) is 19.0. The molecule has 1 aromatic carbocycles. The molecule has 26 heavy (non-hydrogen) atoms. The standard InChI is InChI=1S/C20H30N2O4/c1-17(2)12-9-13-15(10-14(12)21-19(5,6)25-17)22-20(7,11-16(23)24-8)26-18(13,3)4/h9-10,21-22H,11H2,1-8H3. The molecule has 0 radical (unpaired) electrons. The molecule has 1 unspecified atom stereocenters. The molecule has 0 saturated heterocycles. The minimum Gasteiger partial charge on any atom is -0.469 e. The number of hydrogen-bond donors (Lipinski definition) is 2. The molecule has 6 heteroatoms. The number of methoxy groups -OCH3 is 1. The van der Waals surface area contributed by atoms with E-state index in [0.717, 1.165) is 22.5 Å². The Bertz CT molecular complexity index is 754. The number of rotatable bonds is 2. The summed E-state index contributed by atoms with van der Waals surface area (Å²) < 4.78 is 17.3. The highest BCUT2D eigenvalue weighted by Gasteiger charge is 2.45. The van der Waals surface area contributed by atoms with Crippen molar-refractivity contribution in [3.63, 3.8) is 0 Å². The Morgan fingerprint density at radius 1 is 0.923 bits per heavy atom. The highest BCUT2D eigenvalue weighted by Crippen LogP contribution is 2.48. The van der Waals surface area contributed by atoms with Crippen molar-refractivity contribution in [2.75, 3.05) is 17.7 Å². The van der Waals surface area contributed by atoms with Crippen LogP contribution in [-0.4, -0.2) is 24.5 Å². The SMILES string of the molecule is COC(=O)CC1(C)Nc2cc3c(cc2C(C)(C)O1)C(C)(C)OC(C)(C)N3. The molecule has 0 fully saturated rings. The van der Waals surface area contributed by atoms with Crippen molar-refractivity contribution in [3.05, 3.63) is 23.3 Å². The average Bonchev–Trinajstić information content (AvgIpc) is 2.41. The van der Waals surface area contributed by atoms with Gasteiger partial charge in [-0.1, -0.05) is 0 Å². The lowest BCUT2D eigenvalue weighted by molar-refractivity contribution is -0.161. The Kier molecular flexibility index (Phi) is 4.09. The smallest absolute Gasteiger partial charge is 0.310 e. The van der Waals surface area contributed by atoms with Crippen LogP contribution in [0.15, 0.2) is 12.1 Å². The van der Waals surface area contributed by atoms with Gasteiger partial charge >= 0.3 is 5.97 Å². The summed E-state index contributed by atoms with van der Waals surface area (Å²) in [6, 6.07) is 4.23. The van der Waals surface area contributed by atoms with Gasteiger partial charge in [-0.3, -0.25) is 4.79 Å². The summed E-state index contributed by atoms with van der Waals surface area (Å²) in [5.74, 6) is -0.314. The number of hydrogen-bond acceptors (Lipinski definition) is 6. The lowest BCUT2D eigenvalue weighted by atomic mass is 9.84. The topological polar surface area (TPSA) is 68.8 Å². The largest absolute Gasteiger partial charge is 0.469 e. The Morgan fingerprint density at radius 3 is 2.04 bits per heavy atom. The number of nitrogens with one attached hydrogen (secondary N) is 2. The van der Waals surface area contributed by atoms with Gasteiger partial charge < -0.3 is 24.8 Å². The molecule has 0 spiro atoms. The van der Waals surface area contributed by atoms with Crippen LogP contribution in [0.3, 0.4) is 0 Å². The van der Waals surface area contributed by atoms with Crippen LogP contribution >= 0.6 is 0 Å². The van der Waals surface area contributed by atoms with E-state index in [4.69, 9.17) is 14.2 Å². The normalized spacial score (nSPS) is 27.4. The summed E-state index contributed by atoms with van der Waals surface area (Å²) in [6.45, 7) is 14.1. The summed E-state index contributed by atoms with van der Waals surface area (Å²) in [4.78, 5) is 11.8. The number of carbonyl (C=O) groups is 1. The summed E-state index contributed by atoms with van der Waals surface area (Å²) in [7, 11) is 1.39. The Balaban J connectivity index is 2.09. The molecule has 2 aliphatic heterocycles. The fraction of sp³-hybridized carbons (Fsp3) is 0.650. The van der Waals surface area contributed by atoms with E-state index in [1.54, 1.807) is 0 Å². The van der Waals surface area contributed by atoms with Crippen LogP contribution in [0.1, 0.15) is 66.0 Å². The highest BCUT2D eigenvalue weighted by molar-refractivity contribution is 5.74. The van der Waals surface area contributed by atoms with Gasteiger partial charge in [0.05, 0.1) is 24.7 Å². The molecule has 0 bridgehead atoms. The fourth-order valence-electron chi connectivity index (χ4n) is 4.20. The van der Waals surface area contributed by atoms with Gasteiger partial charge in [0.1, 0.15) is 11.4 Å². The van der Waals surface area contributed by atoms with Crippen LogP contribution in [0, 0.1) is 0 Å². The number of benzene rings is 1. The van der Waals surface area contributed by atoms with Gasteiger partial charge in [0, 0.05) is 22.5 Å². The Labute approximate surface area is 155 Å². The van der Waals surface area contributed by atoms with E-state index >= 15 is 0 Å². The molecule has 2 heterocycles. The van der Waals surface area contributed by atoms with Crippen LogP contribution in [0.4, 0.5) is 11.4 Å². The maximum atomic E-state index is 11.8. The lowest BCUT2D eigenvalue weighted by Crippen LogP contribution is -2.51. The van der Waals surface area contributed by atoms with E-state index in [2.05, 4.69) is 36.6 Å². The highest BCUT2D eigenvalue weighted by atomic mass is 16.6. The summed E-state index contributed by atoms with van der Waals surface area (Å²) in [6.07, 6.45) is 0.122. The minimum absolute atomic E-state index is 0.122. The second kappa shape index (κ2) is 5.60. The van der Waals surface area contributed by atoms with Gasteiger partial charge in [0.2, 0.25) is 0 Å². The van der Waals surface area contributed by atoms with Crippen molar-refractivity contribution < 1.29 is 19.0 Å². The summed E-state index contributed by atoms with van der Waals surface area (Å²) in [5.41, 5.74) is 1.79. The van der Waals surface area contributed by atoms with Crippen molar-refractivity contribution in [2.24, 2.45) is 0 Å². The second-order valence-corrected chi connectivity index (χ2v) is 8.91. The molecule has 2 aliphatic rings. The number of anilines is 2. The monoisotopic (exact) mass is 362 g/mol. The van der Waals surface area contributed by atoms with Gasteiger partial charge in [-0.2, -0.15) is 0 Å². The lowest BCUT2D eigenvalue weighted by Gasteiger charge is -2.48. The zero-order valence-electron chi connectivity index (χ0n) is 17.0. The maximum absolute atomic E-state index is 11.8. The zero-order chi connectivity index (χ0) is 19.5. The van der Waals surface area contributed by atoms with E-state index in [9.17, 15) is 4.79 Å². The molecule has 0 saturated carbocycles. The molecular weight excluding hydrogens is 332 g/mol. The first-order valence-electron chi connectivity index (χ1n) is 8.99. The third kappa shape index (κ3) is 3.28. The molecule has 1 atom stereocenters. The Morgan fingerprint density at radius 2 is 1.46 bits per heavy atom. The molecule has 1 aromatic rings. The second-order valence-electron chi connectivity index (χ2n) is 8.91. The quantitative estimate of drug-likeness (QED) is 0.774. The fourth-order valence-corrected chi connectivity index (χ4v) is 4.20. The third-order valence-corrected chi connectivity index (χ3v) is 4.99. The number of carbonyl (C=O) groups excluding carboxylic acids is 1. The third-order valence-electron chi connectivity index (χ3n) is 4.99. The molecule has 0 aromatic heterocycles. The molecule has 2 N–H and O–H groups in total. The molecule has 0 amide bonds. The van der Waals surface area contributed by atoms with E-state index in [1.165, 1.54) is 7.11 Å². The predicted octanol–water partition coefficient (Wildman–Crippen LogP) is 4.06. The van der Waals surface area contributed by atoms with Gasteiger partial charge in [-0.25, -0.2) is 0 Å². The van der Waals surface area contributed by atoms with Gasteiger partial charge in [-0.05, 0) is 60.6 Å². The van der Waals surface area contributed by atoms with Crippen LogP contribution in [0.5, 0.6) is 0 Å². The van der Waals surface area contributed by atoms with Crippen molar-refractivity contribution in [3.8, 4) is 0 Å². The van der Waals surface area contributed by atoms with Crippen LogP contribution in [0.25, 0.3) is 0 Å². The Hall–Kier alpha value is -1.79. The van der Waals surface area contributed by atoms with Crippen molar-refractivity contribution in [2.45, 2.75) is 77.5 Å². The first-order chi connectivity index (χ1) is 11.8. The van der Waals surface area contributed by atoms with E-state index in [1.807, 2.05) is 34.6 Å². The molecular formula is C20H30N2O4. The van der Waals surface area contributed by atoms with Gasteiger partial charge in [-0.15, -0.1) is 0 Å². The minimum atomic E-state index is -0.839. The number of esters is 1.